The summed E-state index contributed by atoms with van der Waals surface area (Å²) in [5, 5.41) is 22.0. The van der Waals surface area contributed by atoms with E-state index in [0.29, 0.717) is 10.7 Å². The van der Waals surface area contributed by atoms with Crippen LogP contribution in [0.5, 0.6) is 11.5 Å². The van der Waals surface area contributed by atoms with Gasteiger partial charge in [-0.05, 0) is 24.3 Å². The molecule has 0 saturated heterocycles. The molecule has 0 saturated carbocycles. The fourth-order valence-corrected chi connectivity index (χ4v) is 1.60. The highest BCUT2D eigenvalue weighted by Crippen LogP contribution is 2.27. The first-order chi connectivity index (χ1) is 9.08. The number of para-hydroxylation sites is 1. The Hall–Kier alpha value is -2.27. The molecule has 0 aliphatic heterocycles. The third-order valence-electron chi connectivity index (χ3n) is 2.48. The Morgan fingerprint density at radius 2 is 2.05 bits per heavy atom. The number of nitrogens with zero attached hydrogens (tertiary/aromatic N) is 1. The van der Waals surface area contributed by atoms with Gasteiger partial charge in [-0.25, -0.2) is 0 Å². The molecular weight excluding hydrogens is 268 g/mol. The fourth-order valence-electron chi connectivity index (χ4n) is 1.49. The molecule has 0 radical (unpaired) electrons. The van der Waals surface area contributed by atoms with E-state index >= 15 is 0 Å². The number of carbonyl (C=O) groups is 1. The Kier molecular flexibility index (Phi) is 3.87. The molecule has 0 aliphatic carbocycles. The number of hydrogen-bond donors (Lipinski definition) is 3. The smallest absolute Gasteiger partial charge is 0.255 e. The monoisotopic (exact) mass is 278 g/mol. The lowest BCUT2D eigenvalue weighted by Gasteiger charge is -2.07. The Bertz CT molecular complexity index is 599. The van der Waals surface area contributed by atoms with E-state index in [-0.39, 0.29) is 17.9 Å². The average Bonchev–Trinajstić information content (AvgIpc) is 2.41. The van der Waals surface area contributed by atoms with Crippen LogP contribution in [0.1, 0.15) is 16.1 Å². The largest absolute Gasteiger partial charge is 0.504 e. The van der Waals surface area contributed by atoms with E-state index in [1.54, 1.807) is 12.1 Å². The molecule has 6 heteroatoms. The van der Waals surface area contributed by atoms with Gasteiger partial charge in [0.15, 0.2) is 11.5 Å². The highest BCUT2D eigenvalue weighted by atomic mass is 35.5. The molecule has 3 N–H and O–H groups in total. The average molecular weight is 279 g/mol. The van der Waals surface area contributed by atoms with Crippen molar-refractivity contribution in [1.29, 1.82) is 0 Å². The fraction of sp³-hybridized carbons (Fsp3) is 0.0769. The van der Waals surface area contributed by atoms with Crippen LogP contribution in [0.3, 0.4) is 0 Å². The number of phenols is 2. The highest BCUT2D eigenvalue weighted by Gasteiger charge is 2.13. The second-order valence-corrected chi connectivity index (χ2v) is 4.26. The van der Waals surface area contributed by atoms with Crippen LogP contribution in [0, 0.1) is 0 Å². The van der Waals surface area contributed by atoms with Gasteiger partial charge in [-0.3, -0.25) is 9.78 Å². The number of nitrogens with one attached hydrogen (secondary N) is 1. The van der Waals surface area contributed by atoms with Crippen molar-refractivity contribution in [1.82, 2.24) is 10.3 Å². The van der Waals surface area contributed by atoms with Gasteiger partial charge in [0.05, 0.1) is 22.8 Å². The first-order valence-corrected chi connectivity index (χ1v) is 5.85. The molecule has 0 aliphatic rings. The molecule has 0 fully saturated rings. The summed E-state index contributed by atoms with van der Waals surface area (Å²) in [4.78, 5) is 15.8. The van der Waals surface area contributed by atoms with Crippen molar-refractivity contribution in [3.63, 3.8) is 0 Å². The van der Waals surface area contributed by atoms with E-state index in [1.165, 1.54) is 24.4 Å². The van der Waals surface area contributed by atoms with Crippen LogP contribution < -0.4 is 5.32 Å². The van der Waals surface area contributed by atoms with Gasteiger partial charge in [0.2, 0.25) is 0 Å². The van der Waals surface area contributed by atoms with Gasteiger partial charge in [-0.2, -0.15) is 0 Å². The molecule has 5 nitrogen and oxygen atoms in total. The Morgan fingerprint density at radius 1 is 1.26 bits per heavy atom. The zero-order valence-corrected chi connectivity index (χ0v) is 10.6. The summed E-state index contributed by atoms with van der Waals surface area (Å²) in [6.07, 6.45) is 1.48. The van der Waals surface area contributed by atoms with E-state index in [1.807, 2.05) is 0 Å². The van der Waals surface area contributed by atoms with Crippen molar-refractivity contribution in [3.8, 4) is 11.5 Å². The summed E-state index contributed by atoms with van der Waals surface area (Å²) < 4.78 is 0. The first kappa shape index (κ1) is 13.2. The summed E-state index contributed by atoms with van der Waals surface area (Å²) in [5.41, 5.74) is 0.645. The number of phenolic OH excluding ortho intramolecular Hbond substituents is 2. The second-order valence-electron chi connectivity index (χ2n) is 3.82. The maximum atomic E-state index is 11.8. The van der Waals surface area contributed by atoms with Crippen LogP contribution in [0.4, 0.5) is 0 Å². The van der Waals surface area contributed by atoms with E-state index in [4.69, 9.17) is 11.6 Å². The first-order valence-electron chi connectivity index (χ1n) is 5.47. The molecule has 0 atom stereocenters. The molecule has 98 valence electrons. The summed E-state index contributed by atoms with van der Waals surface area (Å²) in [7, 11) is 0. The molecule has 1 heterocycles. The summed E-state index contributed by atoms with van der Waals surface area (Å²) >= 11 is 5.70. The molecule has 19 heavy (non-hydrogen) atoms. The molecule has 0 spiro atoms. The summed E-state index contributed by atoms with van der Waals surface area (Å²) in [6, 6.07) is 7.55. The molecular formula is C13H11ClN2O3. The van der Waals surface area contributed by atoms with Gasteiger partial charge < -0.3 is 15.5 Å². The maximum Gasteiger partial charge on any atom is 0.255 e. The maximum absolute atomic E-state index is 11.8. The highest BCUT2D eigenvalue weighted by molar-refractivity contribution is 6.30. The van der Waals surface area contributed by atoms with Crippen LogP contribution in [0.2, 0.25) is 5.02 Å². The molecule has 0 unspecified atom stereocenters. The quantitative estimate of drug-likeness (QED) is 0.751. The lowest BCUT2D eigenvalue weighted by Crippen LogP contribution is -2.23. The predicted octanol–water partition coefficient (Wildman–Crippen LogP) is 2.08. The van der Waals surface area contributed by atoms with E-state index < -0.39 is 11.7 Å². The minimum absolute atomic E-state index is 0.00830. The number of aromatic hydroxyl groups is 2. The Balaban J connectivity index is 2.05. The number of hydrogen-bond acceptors (Lipinski definition) is 4. The zero-order chi connectivity index (χ0) is 13.8. The second kappa shape index (κ2) is 5.58. The van der Waals surface area contributed by atoms with Gasteiger partial charge in [-0.15, -0.1) is 0 Å². The third-order valence-corrected chi connectivity index (χ3v) is 2.70. The normalized spacial score (nSPS) is 10.2. The van der Waals surface area contributed by atoms with E-state index in [2.05, 4.69) is 10.3 Å². The molecule has 1 amide bonds. The van der Waals surface area contributed by atoms with E-state index in [0.717, 1.165) is 0 Å². The molecule has 1 aromatic heterocycles. The van der Waals surface area contributed by atoms with Gasteiger partial charge in [0.1, 0.15) is 0 Å². The van der Waals surface area contributed by atoms with Crippen LogP contribution in [-0.4, -0.2) is 21.1 Å². The zero-order valence-electron chi connectivity index (χ0n) is 9.80. The third kappa shape index (κ3) is 3.14. The number of benzene rings is 1. The number of aromatic nitrogens is 1. The minimum atomic E-state index is -0.495. The van der Waals surface area contributed by atoms with E-state index in [9.17, 15) is 15.0 Å². The van der Waals surface area contributed by atoms with Crippen LogP contribution >= 0.6 is 11.6 Å². The topological polar surface area (TPSA) is 82.5 Å². The van der Waals surface area contributed by atoms with Crippen LogP contribution in [-0.2, 0) is 6.54 Å². The van der Waals surface area contributed by atoms with Crippen molar-refractivity contribution in [2.24, 2.45) is 0 Å². The van der Waals surface area contributed by atoms with Crippen molar-refractivity contribution in [2.75, 3.05) is 0 Å². The number of amides is 1. The van der Waals surface area contributed by atoms with Crippen molar-refractivity contribution in [3.05, 3.63) is 52.8 Å². The SMILES string of the molecule is O=C(NCc1ccc(Cl)cn1)c1cccc(O)c1O. The van der Waals surface area contributed by atoms with Gasteiger partial charge in [0.25, 0.3) is 5.91 Å². The number of carbonyl (C=O) groups excluding carboxylic acids is 1. The van der Waals surface area contributed by atoms with Crippen LogP contribution in [0.15, 0.2) is 36.5 Å². The number of rotatable bonds is 3. The lowest BCUT2D eigenvalue weighted by atomic mass is 10.1. The standard InChI is InChI=1S/C13H11ClN2O3/c14-8-4-5-9(15-6-8)7-16-13(19)10-2-1-3-11(17)12(10)18/h1-6,17-18H,7H2,(H,16,19). The molecule has 0 bridgehead atoms. The summed E-state index contributed by atoms with van der Waals surface area (Å²) in [5.74, 6) is -1.27. The minimum Gasteiger partial charge on any atom is -0.504 e. The van der Waals surface area contributed by atoms with Gasteiger partial charge in [-0.1, -0.05) is 17.7 Å². The Morgan fingerprint density at radius 3 is 2.74 bits per heavy atom. The molecule has 2 aromatic rings. The van der Waals surface area contributed by atoms with Crippen molar-refractivity contribution in [2.45, 2.75) is 6.54 Å². The Labute approximate surface area is 114 Å². The number of halogens is 1. The summed E-state index contributed by atoms with van der Waals surface area (Å²) in [6.45, 7) is 0.200. The van der Waals surface area contributed by atoms with Crippen LogP contribution in [0.25, 0.3) is 0 Å². The lowest BCUT2D eigenvalue weighted by molar-refractivity contribution is 0.0947. The van der Waals surface area contributed by atoms with Crippen molar-refractivity contribution < 1.29 is 15.0 Å². The van der Waals surface area contributed by atoms with Gasteiger partial charge >= 0.3 is 0 Å². The number of pyridine rings is 1. The van der Waals surface area contributed by atoms with Gasteiger partial charge in [0, 0.05) is 6.20 Å². The molecule has 2 rings (SSSR count). The predicted molar refractivity (Wildman–Crippen MR) is 70.2 cm³/mol. The van der Waals surface area contributed by atoms with Crippen molar-refractivity contribution >= 4 is 17.5 Å². The molecule has 1 aromatic carbocycles.